The molecule has 0 spiro atoms. The fraction of sp³-hybridized carbons (Fsp3) is 0.400. The lowest BCUT2D eigenvalue weighted by molar-refractivity contribution is 0.475. The molecule has 0 atom stereocenters. The highest BCUT2D eigenvalue weighted by molar-refractivity contribution is 6.20. The van der Waals surface area contributed by atoms with Crippen molar-refractivity contribution in [3.8, 4) is 5.75 Å². The molecule has 0 saturated heterocycles. The van der Waals surface area contributed by atoms with Gasteiger partial charge >= 0.3 is 0 Å². The maximum Gasteiger partial charge on any atom is 0.115 e. The van der Waals surface area contributed by atoms with Gasteiger partial charge in [-0.25, -0.2) is 0 Å². The number of phenols is 1. The van der Waals surface area contributed by atoms with Crippen LogP contribution in [0, 0.1) is 5.92 Å². The van der Waals surface area contributed by atoms with Crippen molar-refractivity contribution in [1.29, 1.82) is 0 Å². The normalized spacial score (nSPS) is 10.7. The molecule has 1 aromatic rings. The highest BCUT2D eigenvalue weighted by atomic mass is 35.5. The first kappa shape index (κ1) is 10.7. The number of benzene rings is 1. The Kier molecular flexibility index (Phi) is 4.40. The van der Waals surface area contributed by atoms with Crippen LogP contribution in [0.4, 0.5) is 0 Å². The van der Waals surface area contributed by atoms with Gasteiger partial charge in [-0.2, -0.15) is 0 Å². The maximum atomic E-state index is 9.05. The number of phenolic OH excluding ortho intramolecular Hbond substituents is 1. The first-order valence-corrected chi connectivity index (χ1v) is 5.23. The Morgan fingerprint density at radius 1 is 1.08 bits per heavy atom. The van der Waals surface area contributed by atoms with Crippen molar-refractivity contribution in [2.45, 2.75) is 6.42 Å². The molecule has 0 aliphatic rings. The Balaban J connectivity index is 2.58. The van der Waals surface area contributed by atoms with E-state index in [4.69, 9.17) is 28.3 Å². The van der Waals surface area contributed by atoms with Crippen LogP contribution in [0.5, 0.6) is 5.75 Å². The third kappa shape index (κ3) is 3.45. The Morgan fingerprint density at radius 3 is 2.08 bits per heavy atom. The number of hydrogen-bond acceptors (Lipinski definition) is 1. The van der Waals surface area contributed by atoms with Crippen LogP contribution in [0.1, 0.15) is 5.56 Å². The van der Waals surface area contributed by atoms with Crippen LogP contribution >= 0.6 is 23.2 Å². The van der Waals surface area contributed by atoms with E-state index < -0.39 is 0 Å². The topological polar surface area (TPSA) is 20.2 Å². The molecule has 0 heterocycles. The molecule has 13 heavy (non-hydrogen) atoms. The number of aromatic hydroxyl groups is 1. The van der Waals surface area contributed by atoms with Gasteiger partial charge in [0.25, 0.3) is 0 Å². The van der Waals surface area contributed by atoms with Gasteiger partial charge in [0.2, 0.25) is 0 Å². The largest absolute Gasteiger partial charge is 0.508 e. The second kappa shape index (κ2) is 5.36. The molecule has 0 saturated carbocycles. The molecule has 0 radical (unpaired) electrons. The van der Waals surface area contributed by atoms with E-state index in [0.717, 1.165) is 12.0 Å². The zero-order chi connectivity index (χ0) is 9.68. The first-order valence-electron chi connectivity index (χ1n) is 4.16. The predicted molar refractivity (Wildman–Crippen MR) is 56.7 cm³/mol. The Labute approximate surface area is 88.3 Å². The van der Waals surface area contributed by atoms with Gasteiger partial charge < -0.3 is 5.11 Å². The van der Waals surface area contributed by atoms with E-state index in [0.29, 0.717) is 17.7 Å². The molecule has 1 nitrogen and oxygen atoms in total. The molecule has 0 aliphatic carbocycles. The van der Waals surface area contributed by atoms with Gasteiger partial charge in [0.1, 0.15) is 5.75 Å². The minimum atomic E-state index is 0.289. The van der Waals surface area contributed by atoms with Gasteiger partial charge in [-0.3, -0.25) is 0 Å². The van der Waals surface area contributed by atoms with Crippen molar-refractivity contribution < 1.29 is 5.11 Å². The summed E-state index contributed by atoms with van der Waals surface area (Å²) in [5.74, 6) is 1.75. The van der Waals surface area contributed by atoms with Gasteiger partial charge in [0.05, 0.1) is 0 Å². The third-order valence-electron chi connectivity index (χ3n) is 1.90. The van der Waals surface area contributed by atoms with Crippen molar-refractivity contribution in [1.82, 2.24) is 0 Å². The molecule has 1 rings (SSSR count). The van der Waals surface area contributed by atoms with E-state index in [9.17, 15) is 0 Å². The average molecular weight is 219 g/mol. The number of rotatable bonds is 4. The molecule has 1 aromatic carbocycles. The second-order valence-electron chi connectivity index (χ2n) is 3.05. The van der Waals surface area contributed by atoms with E-state index in [2.05, 4.69) is 0 Å². The highest BCUT2D eigenvalue weighted by Gasteiger charge is 2.06. The van der Waals surface area contributed by atoms with E-state index in [-0.39, 0.29) is 5.75 Å². The second-order valence-corrected chi connectivity index (χ2v) is 3.66. The summed E-state index contributed by atoms with van der Waals surface area (Å²) in [4.78, 5) is 0. The number of alkyl halides is 2. The van der Waals surface area contributed by atoms with E-state index in [1.54, 1.807) is 12.1 Å². The van der Waals surface area contributed by atoms with E-state index in [1.165, 1.54) is 0 Å². The van der Waals surface area contributed by atoms with Crippen LogP contribution in [-0.2, 0) is 6.42 Å². The standard InChI is InChI=1S/C10H12Cl2O/c11-6-9(7-12)5-8-1-3-10(13)4-2-8/h1-4,9,13H,5-7H2. The molecule has 0 unspecified atom stereocenters. The van der Waals surface area contributed by atoms with Gasteiger partial charge in [0, 0.05) is 11.8 Å². The fourth-order valence-electron chi connectivity index (χ4n) is 1.12. The van der Waals surface area contributed by atoms with Crippen LogP contribution in [0.3, 0.4) is 0 Å². The van der Waals surface area contributed by atoms with Crippen LogP contribution in [0.25, 0.3) is 0 Å². The summed E-state index contributed by atoms with van der Waals surface area (Å²) in [5.41, 5.74) is 1.16. The van der Waals surface area contributed by atoms with Crippen LogP contribution in [0.2, 0.25) is 0 Å². The quantitative estimate of drug-likeness (QED) is 0.771. The SMILES string of the molecule is Oc1ccc(CC(CCl)CCl)cc1. The van der Waals surface area contributed by atoms with Gasteiger partial charge in [0.15, 0.2) is 0 Å². The van der Waals surface area contributed by atoms with E-state index in [1.807, 2.05) is 12.1 Å². The molecular weight excluding hydrogens is 207 g/mol. The van der Waals surface area contributed by atoms with Gasteiger partial charge in [-0.1, -0.05) is 12.1 Å². The van der Waals surface area contributed by atoms with Gasteiger partial charge in [-0.05, 0) is 30.0 Å². The average Bonchev–Trinajstić information content (AvgIpc) is 2.17. The lowest BCUT2D eigenvalue weighted by atomic mass is 10.0. The molecule has 0 bridgehead atoms. The summed E-state index contributed by atoms with van der Waals surface area (Å²) >= 11 is 11.4. The minimum absolute atomic E-state index is 0.289. The summed E-state index contributed by atoms with van der Waals surface area (Å²) in [7, 11) is 0. The highest BCUT2D eigenvalue weighted by Crippen LogP contribution is 2.15. The Bertz CT molecular complexity index is 242. The first-order chi connectivity index (χ1) is 6.26. The predicted octanol–water partition coefficient (Wildman–Crippen LogP) is 3.03. The Morgan fingerprint density at radius 2 is 1.62 bits per heavy atom. The minimum Gasteiger partial charge on any atom is -0.508 e. The lowest BCUT2D eigenvalue weighted by Crippen LogP contribution is -2.07. The zero-order valence-electron chi connectivity index (χ0n) is 7.21. The molecule has 72 valence electrons. The summed E-state index contributed by atoms with van der Waals surface area (Å²) in [6.07, 6.45) is 0.868. The molecule has 1 N–H and O–H groups in total. The van der Waals surface area contributed by atoms with Crippen molar-refractivity contribution in [2.75, 3.05) is 11.8 Å². The molecule has 0 aliphatic heterocycles. The molecular formula is C10H12Cl2O. The lowest BCUT2D eigenvalue weighted by Gasteiger charge is -2.09. The van der Waals surface area contributed by atoms with Crippen LogP contribution in [-0.4, -0.2) is 16.9 Å². The molecule has 3 heteroatoms. The summed E-state index contributed by atoms with van der Waals surface area (Å²) in [5, 5.41) is 9.05. The maximum absolute atomic E-state index is 9.05. The van der Waals surface area contributed by atoms with Crippen molar-refractivity contribution in [3.63, 3.8) is 0 Å². The fourth-order valence-corrected chi connectivity index (χ4v) is 1.66. The number of halogens is 2. The van der Waals surface area contributed by atoms with Crippen molar-refractivity contribution >= 4 is 23.2 Å². The summed E-state index contributed by atoms with van der Waals surface area (Å²) < 4.78 is 0. The smallest absolute Gasteiger partial charge is 0.115 e. The van der Waals surface area contributed by atoms with Crippen molar-refractivity contribution in [2.24, 2.45) is 5.92 Å². The summed E-state index contributed by atoms with van der Waals surface area (Å²) in [6.45, 7) is 0. The van der Waals surface area contributed by atoms with E-state index >= 15 is 0 Å². The zero-order valence-corrected chi connectivity index (χ0v) is 8.72. The van der Waals surface area contributed by atoms with Crippen molar-refractivity contribution in [3.05, 3.63) is 29.8 Å². The van der Waals surface area contributed by atoms with Crippen LogP contribution < -0.4 is 0 Å². The number of hydrogen-bond donors (Lipinski definition) is 1. The summed E-state index contributed by atoms with van der Waals surface area (Å²) in [6, 6.07) is 7.13. The van der Waals surface area contributed by atoms with Crippen LogP contribution in [0.15, 0.2) is 24.3 Å². The Hall–Kier alpha value is -0.400. The van der Waals surface area contributed by atoms with Gasteiger partial charge in [-0.15, -0.1) is 23.2 Å². The third-order valence-corrected chi connectivity index (χ3v) is 2.77. The molecule has 0 amide bonds. The molecule has 0 fully saturated rings. The monoisotopic (exact) mass is 218 g/mol. The molecule has 0 aromatic heterocycles.